The summed E-state index contributed by atoms with van der Waals surface area (Å²) in [5.74, 6) is -7.48. The van der Waals surface area contributed by atoms with Crippen LogP contribution in [0.4, 0.5) is 11.4 Å². The van der Waals surface area contributed by atoms with E-state index in [1.54, 1.807) is 57.2 Å². The van der Waals surface area contributed by atoms with Gasteiger partial charge in [0.25, 0.3) is 0 Å². The summed E-state index contributed by atoms with van der Waals surface area (Å²) in [5, 5.41) is 0.691. The fraction of sp³-hybridized carbons (Fsp3) is 0.345. The van der Waals surface area contributed by atoms with Crippen molar-refractivity contribution in [2.45, 2.75) is 20.8 Å². The lowest BCUT2D eigenvalue weighted by Gasteiger charge is -2.55. The van der Waals surface area contributed by atoms with E-state index in [4.69, 9.17) is 27.9 Å². The van der Waals surface area contributed by atoms with E-state index < -0.39 is 64.6 Å². The fourth-order valence-corrected chi connectivity index (χ4v) is 7.92. The zero-order chi connectivity index (χ0) is 28.0. The van der Waals surface area contributed by atoms with E-state index in [2.05, 4.69) is 0 Å². The Labute approximate surface area is 234 Å². The second-order valence-electron chi connectivity index (χ2n) is 10.6. The largest absolute Gasteiger partial charge is 0.463 e. The zero-order valence-electron chi connectivity index (χ0n) is 21.3. The lowest BCUT2D eigenvalue weighted by Crippen LogP contribution is -2.61. The number of carbonyl (C=O) groups excluding carboxylic acids is 5. The summed E-state index contributed by atoms with van der Waals surface area (Å²) in [4.78, 5) is 71.8. The van der Waals surface area contributed by atoms with Crippen LogP contribution in [0.15, 0.2) is 59.7 Å². The van der Waals surface area contributed by atoms with E-state index in [0.29, 0.717) is 27.0 Å². The van der Waals surface area contributed by atoms with E-state index in [-0.39, 0.29) is 12.2 Å². The molecule has 2 aromatic rings. The summed E-state index contributed by atoms with van der Waals surface area (Å²) in [6.45, 7) is 5.09. The molecule has 6 atom stereocenters. The topological polar surface area (TPSA) is 101 Å². The van der Waals surface area contributed by atoms with Crippen LogP contribution in [0.1, 0.15) is 20.8 Å². The van der Waals surface area contributed by atoms with Crippen LogP contribution in [-0.4, -0.2) is 36.2 Å². The van der Waals surface area contributed by atoms with Crippen molar-refractivity contribution in [3.8, 4) is 0 Å². The van der Waals surface area contributed by atoms with Crippen LogP contribution in [-0.2, 0) is 28.7 Å². The third kappa shape index (κ3) is 3.28. The monoisotopic (exact) mass is 566 g/mol. The van der Waals surface area contributed by atoms with E-state index in [9.17, 15) is 24.0 Å². The van der Waals surface area contributed by atoms with Crippen molar-refractivity contribution in [3.63, 3.8) is 0 Å². The van der Waals surface area contributed by atoms with Gasteiger partial charge in [-0.25, -0.2) is 14.6 Å². The molecule has 0 N–H and O–H groups in total. The molecule has 4 amide bonds. The van der Waals surface area contributed by atoms with Crippen LogP contribution >= 0.6 is 23.2 Å². The highest BCUT2D eigenvalue weighted by molar-refractivity contribution is 6.32. The van der Waals surface area contributed by atoms with Crippen LogP contribution in [0, 0.1) is 35.0 Å². The summed E-state index contributed by atoms with van der Waals surface area (Å²) in [5.41, 5.74) is -0.176. The molecular weight excluding hydrogens is 543 g/mol. The van der Waals surface area contributed by atoms with Crippen LogP contribution in [0.25, 0.3) is 0 Å². The number of rotatable bonds is 4. The van der Waals surface area contributed by atoms with E-state index in [1.165, 1.54) is 12.1 Å². The van der Waals surface area contributed by atoms with E-state index >= 15 is 0 Å². The first-order chi connectivity index (χ1) is 18.5. The number of carbonyl (C=O) groups is 5. The molecule has 200 valence electrons. The Morgan fingerprint density at radius 3 is 1.69 bits per heavy atom. The van der Waals surface area contributed by atoms with Crippen LogP contribution < -0.4 is 9.80 Å². The van der Waals surface area contributed by atoms with E-state index in [1.807, 2.05) is 0 Å². The molecule has 2 aromatic carbocycles. The number of hydrogen-bond acceptors (Lipinski definition) is 6. The molecular formula is C29H24Cl2N2O6. The van der Waals surface area contributed by atoms with Gasteiger partial charge in [0.1, 0.15) is 0 Å². The number of esters is 1. The number of imide groups is 2. The standard InChI is InChI=1S/C29H24Cl2N2O6/c1-4-39-28(38)21-13(2)18-19-22(26(36)32(24(19)34)16-9-5-7-14(30)11-16)29(21,3)23-20(18)25(35)33(27(23)37)17-10-6-8-15(31)12-17/h5-12,18-20,22-23H,4H2,1-3H3/t18?,19-,20-,22-,23+,29?/m0/s1. The maximum absolute atomic E-state index is 14.1. The molecule has 3 fully saturated rings. The first-order valence-electron chi connectivity index (χ1n) is 12.7. The number of amides is 4. The second-order valence-corrected chi connectivity index (χ2v) is 11.5. The molecule has 5 aliphatic rings. The van der Waals surface area contributed by atoms with Gasteiger partial charge in [0.15, 0.2) is 0 Å². The number of nitrogens with zero attached hydrogens (tertiary/aromatic N) is 2. The third-order valence-corrected chi connectivity index (χ3v) is 9.28. The van der Waals surface area contributed by atoms with E-state index in [0.717, 1.165) is 9.80 Å². The Balaban J connectivity index is 1.55. The summed E-state index contributed by atoms with van der Waals surface area (Å²) in [6, 6.07) is 12.8. The SMILES string of the molecule is CCOC(=O)C1=C(C)C2[C@@H]3C(=O)N(c4cccc(Cl)c4)C(=O)[C@H]3C1(C)[C@H]1C(=O)N(c3cccc(Cl)c3)C(=O)[C@@H]21. The van der Waals surface area contributed by atoms with Gasteiger partial charge in [0.2, 0.25) is 23.6 Å². The maximum Gasteiger partial charge on any atom is 0.334 e. The lowest BCUT2D eigenvalue weighted by molar-refractivity contribution is -0.155. The van der Waals surface area contributed by atoms with Gasteiger partial charge >= 0.3 is 5.97 Å². The van der Waals surface area contributed by atoms with Gasteiger partial charge in [-0.1, -0.05) is 47.8 Å². The van der Waals surface area contributed by atoms with Gasteiger partial charge in [-0.05, 0) is 50.2 Å². The van der Waals surface area contributed by atoms with Crippen molar-refractivity contribution < 1.29 is 28.7 Å². The Bertz CT molecular complexity index is 1440. The molecule has 8 nitrogen and oxygen atoms in total. The predicted octanol–water partition coefficient (Wildman–Crippen LogP) is 4.43. The van der Waals surface area contributed by atoms with Crippen LogP contribution in [0.3, 0.4) is 0 Å². The zero-order valence-corrected chi connectivity index (χ0v) is 22.8. The highest BCUT2D eigenvalue weighted by Gasteiger charge is 2.77. The smallest absolute Gasteiger partial charge is 0.334 e. The van der Waals surface area contributed by atoms with Crippen LogP contribution in [0.5, 0.6) is 0 Å². The molecule has 2 bridgehead atoms. The lowest BCUT2D eigenvalue weighted by atomic mass is 9.43. The summed E-state index contributed by atoms with van der Waals surface area (Å²) in [6.07, 6.45) is 0. The van der Waals surface area contributed by atoms with Gasteiger partial charge in [-0.2, -0.15) is 0 Å². The molecule has 2 aliphatic heterocycles. The van der Waals surface area contributed by atoms with Crippen molar-refractivity contribution in [2.24, 2.45) is 35.0 Å². The van der Waals surface area contributed by atoms with Crippen molar-refractivity contribution in [3.05, 3.63) is 69.7 Å². The molecule has 0 aromatic heterocycles. The Kier molecular flexibility index (Phi) is 5.79. The summed E-state index contributed by atoms with van der Waals surface area (Å²) in [7, 11) is 0. The number of ether oxygens (including phenoxy) is 1. The Hall–Kier alpha value is -3.49. The molecule has 7 rings (SSSR count). The minimum atomic E-state index is -1.47. The highest BCUT2D eigenvalue weighted by Crippen LogP contribution is 2.68. The maximum atomic E-state index is 14.1. The molecule has 3 aliphatic carbocycles. The quantitative estimate of drug-likeness (QED) is 0.400. The van der Waals surface area contributed by atoms with Gasteiger partial charge in [-0.15, -0.1) is 0 Å². The minimum absolute atomic E-state index is 0.0849. The molecule has 2 saturated heterocycles. The number of halogens is 2. The fourth-order valence-electron chi connectivity index (χ4n) is 7.55. The van der Waals surface area contributed by atoms with Gasteiger partial charge in [0, 0.05) is 27.0 Å². The number of benzene rings is 2. The minimum Gasteiger partial charge on any atom is -0.463 e. The Morgan fingerprint density at radius 2 is 1.28 bits per heavy atom. The predicted molar refractivity (Wildman–Crippen MR) is 143 cm³/mol. The normalized spacial score (nSPS) is 31.3. The molecule has 1 saturated carbocycles. The van der Waals surface area contributed by atoms with Crippen LogP contribution in [0.2, 0.25) is 10.0 Å². The first kappa shape index (κ1) is 25.8. The second kappa shape index (κ2) is 8.76. The molecule has 10 heteroatoms. The molecule has 0 spiro atoms. The Morgan fingerprint density at radius 1 is 0.821 bits per heavy atom. The van der Waals surface area contributed by atoms with Gasteiger partial charge in [0.05, 0.1) is 41.7 Å². The van der Waals surface area contributed by atoms with Crippen molar-refractivity contribution >= 4 is 64.2 Å². The third-order valence-electron chi connectivity index (χ3n) is 8.81. The number of allylic oxidation sites excluding steroid dienone is 1. The van der Waals surface area contributed by atoms with Gasteiger partial charge < -0.3 is 4.74 Å². The number of hydrogen-bond donors (Lipinski definition) is 0. The van der Waals surface area contributed by atoms with Crippen molar-refractivity contribution in [1.29, 1.82) is 0 Å². The molecule has 0 radical (unpaired) electrons. The van der Waals surface area contributed by atoms with Crippen molar-refractivity contribution in [1.82, 2.24) is 0 Å². The molecule has 2 unspecified atom stereocenters. The van der Waals surface area contributed by atoms with Gasteiger partial charge in [-0.3, -0.25) is 19.2 Å². The number of anilines is 2. The highest BCUT2D eigenvalue weighted by atomic mass is 35.5. The molecule has 2 heterocycles. The average Bonchev–Trinajstić information content (AvgIpc) is 3.30. The summed E-state index contributed by atoms with van der Waals surface area (Å²) >= 11 is 12.3. The summed E-state index contributed by atoms with van der Waals surface area (Å²) < 4.78 is 5.39. The van der Waals surface area contributed by atoms with Crippen molar-refractivity contribution in [2.75, 3.05) is 16.4 Å². The average molecular weight is 567 g/mol. The first-order valence-corrected chi connectivity index (χ1v) is 13.4. The molecule has 39 heavy (non-hydrogen) atoms.